The van der Waals surface area contributed by atoms with Gasteiger partial charge in [-0.2, -0.15) is 0 Å². The zero-order valence-electron chi connectivity index (χ0n) is 7.84. The van der Waals surface area contributed by atoms with Gasteiger partial charge in [0.15, 0.2) is 0 Å². The summed E-state index contributed by atoms with van der Waals surface area (Å²) in [5.41, 5.74) is 0. The van der Waals surface area contributed by atoms with Gasteiger partial charge in [0, 0.05) is 11.0 Å². The third kappa shape index (κ3) is 3.91. The standard InChI is InChI=1S/C9H9F3O2S/c1-2-13-6-3-4-8(15)7(5-6)14-9(10,11)12/h3-5,15H,2H2,1H3. The van der Waals surface area contributed by atoms with E-state index in [4.69, 9.17) is 4.74 Å². The summed E-state index contributed by atoms with van der Waals surface area (Å²) in [4.78, 5) is 0.107. The molecule has 0 atom stereocenters. The van der Waals surface area contributed by atoms with Crippen molar-refractivity contribution in [2.24, 2.45) is 0 Å². The van der Waals surface area contributed by atoms with Gasteiger partial charge >= 0.3 is 6.36 Å². The lowest BCUT2D eigenvalue weighted by Crippen LogP contribution is -2.17. The van der Waals surface area contributed by atoms with Crippen molar-refractivity contribution >= 4 is 12.6 Å². The molecule has 0 unspecified atom stereocenters. The van der Waals surface area contributed by atoms with Crippen molar-refractivity contribution in [3.63, 3.8) is 0 Å². The molecule has 0 fully saturated rings. The van der Waals surface area contributed by atoms with Crippen molar-refractivity contribution in [3.05, 3.63) is 18.2 Å². The van der Waals surface area contributed by atoms with Crippen molar-refractivity contribution in [2.75, 3.05) is 6.61 Å². The van der Waals surface area contributed by atoms with Crippen LogP contribution >= 0.6 is 12.6 Å². The Labute approximate surface area is 90.4 Å². The smallest absolute Gasteiger partial charge is 0.494 e. The van der Waals surface area contributed by atoms with Crippen LogP contribution in [-0.4, -0.2) is 13.0 Å². The average Bonchev–Trinajstić information content (AvgIpc) is 2.09. The number of thiol groups is 1. The molecule has 0 bridgehead atoms. The summed E-state index contributed by atoms with van der Waals surface area (Å²) < 4.78 is 44.6. The van der Waals surface area contributed by atoms with E-state index in [1.54, 1.807) is 6.92 Å². The maximum absolute atomic E-state index is 11.9. The fourth-order valence-corrected chi connectivity index (χ4v) is 1.14. The number of rotatable bonds is 3. The number of alkyl halides is 3. The molecule has 2 nitrogen and oxygen atoms in total. The summed E-state index contributed by atoms with van der Waals surface area (Å²) in [5, 5.41) is 0. The van der Waals surface area contributed by atoms with Gasteiger partial charge in [-0.1, -0.05) is 0 Å². The first kappa shape index (κ1) is 12.0. The van der Waals surface area contributed by atoms with Gasteiger partial charge in [-0.05, 0) is 19.1 Å². The Hall–Kier alpha value is -1.04. The second-order valence-corrected chi connectivity index (χ2v) is 3.09. The van der Waals surface area contributed by atoms with E-state index in [1.807, 2.05) is 0 Å². The number of ether oxygens (including phenoxy) is 2. The minimum atomic E-state index is -4.72. The molecular formula is C9H9F3O2S. The summed E-state index contributed by atoms with van der Waals surface area (Å²) >= 11 is 3.84. The Kier molecular flexibility index (Phi) is 3.73. The van der Waals surface area contributed by atoms with Crippen LogP contribution < -0.4 is 9.47 Å². The van der Waals surface area contributed by atoms with Crippen molar-refractivity contribution in [1.29, 1.82) is 0 Å². The minimum absolute atomic E-state index is 0.107. The second-order valence-electron chi connectivity index (χ2n) is 2.61. The molecule has 0 aliphatic rings. The third-order valence-corrected chi connectivity index (χ3v) is 1.84. The average molecular weight is 238 g/mol. The molecule has 0 saturated carbocycles. The Morgan fingerprint density at radius 2 is 2.00 bits per heavy atom. The highest BCUT2D eigenvalue weighted by molar-refractivity contribution is 7.80. The van der Waals surface area contributed by atoms with E-state index in [2.05, 4.69) is 17.4 Å². The van der Waals surface area contributed by atoms with Crippen molar-refractivity contribution < 1.29 is 22.6 Å². The highest BCUT2D eigenvalue weighted by Gasteiger charge is 2.32. The third-order valence-electron chi connectivity index (χ3n) is 1.47. The van der Waals surface area contributed by atoms with Crippen LogP contribution in [0.3, 0.4) is 0 Å². The quantitative estimate of drug-likeness (QED) is 0.815. The molecule has 0 spiro atoms. The zero-order valence-corrected chi connectivity index (χ0v) is 8.73. The van der Waals surface area contributed by atoms with Crippen LogP contribution in [0.5, 0.6) is 11.5 Å². The Balaban J connectivity index is 2.90. The van der Waals surface area contributed by atoms with Crippen molar-refractivity contribution in [2.45, 2.75) is 18.2 Å². The lowest BCUT2D eigenvalue weighted by molar-refractivity contribution is -0.275. The van der Waals surface area contributed by atoms with Gasteiger partial charge in [0.05, 0.1) is 6.61 Å². The molecule has 1 aromatic carbocycles. The number of hydrogen-bond acceptors (Lipinski definition) is 3. The predicted molar refractivity (Wildman–Crippen MR) is 51.5 cm³/mol. The molecule has 0 N–H and O–H groups in total. The van der Waals surface area contributed by atoms with E-state index in [1.165, 1.54) is 12.1 Å². The van der Waals surface area contributed by atoms with Crippen LogP contribution in [0.4, 0.5) is 13.2 Å². The number of hydrogen-bond donors (Lipinski definition) is 1. The maximum atomic E-state index is 11.9. The molecule has 0 aliphatic heterocycles. The summed E-state index contributed by atoms with van der Waals surface area (Å²) in [6, 6.07) is 4.06. The van der Waals surface area contributed by atoms with E-state index < -0.39 is 6.36 Å². The molecule has 15 heavy (non-hydrogen) atoms. The van der Waals surface area contributed by atoms with Crippen molar-refractivity contribution in [3.8, 4) is 11.5 Å². The first-order valence-corrected chi connectivity index (χ1v) is 4.58. The predicted octanol–water partition coefficient (Wildman–Crippen LogP) is 3.27. The Morgan fingerprint density at radius 3 is 2.53 bits per heavy atom. The second kappa shape index (κ2) is 4.65. The zero-order chi connectivity index (χ0) is 11.5. The molecule has 0 amide bonds. The van der Waals surface area contributed by atoms with Crippen LogP contribution in [-0.2, 0) is 0 Å². The van der Waals surface area contributed by atoms with E-state index in [-0.39, 0.29) is 10.6 Å². The van der Waals surface area contributed by atoms with Crippen LogP contribution in [0.15, 0.2) is 23.1 Å². The first-order chi connectivity index (χ1) is 6.92. The van der Waals surface area contributed by atoms with Gasteiger partial charge in [-0.25, -0.2) is 0 Å². The molecule has 0 radical (unpaired) electrons. The van der Waals surface area contributed by atoms with Gasteiger partial charge in [0.2, 0.25) is 0 Å². The van der Waals surface area contributed by atoms with E-state index in [0.29, 0.717) is 12.4 Å². The molecule has 1 aromatic rings. The monoisotopic (exact) mass is 238 g/mol. The van der Waals surface area contributed by atoms with Crippen molar-refractivity contribution in [1.82, 2.24) is 0 Å². The minimum Gasteiger partial charge on any atom is -0.494 e. The number of halogens is 3. The van der Waals surface area contributed by atoms with Crippen LogP contribution in [0.1, 0.15) is 6.92 Å². The molecule has 0 heterocycles. The summed E-state index contributed by atoms with van der Waals surface area (Å²) in [5.74, 6) is -0.0497. The molecule has 6 heteroatoms. The molecule has 0 aliphatic carbocycles. The van der Waals surface area contributed by atoms with E-state index in [0.717, 1.165) is 6.07 Å². The molecular weight excluding hydrogens is 229 g/mol. The van der Waals surface area contributed by atoms with Gasteiger partial charge in [0.1, 0.15) is 11.5 Å². The fourth-order valence-electron chi connectivity index (χ4n) is 0.957. The highest BCUT2D eigenvalue weighted by atomic mass is 32.1. The lowest BCUT2D eigenvalue weighted by Gasteiger charge is -2.12. The number of benzene rings is 1. The van der Waals surface area contributed by atoms with E-state index in [9.17, 15) is 13.2 Å². The van der Waals surface area contributed by atoms with Gasteiger partial charge in [-0.3, -0.25) is 0 Å². The highest BCUT2D eigenvalue weighted by Crippen LogP contribution is 2.32. The first-order valence-electron chi connectivity index (χ1n) is 4.14. The van der Waals surface area contributed by atoms with Crippen LogP contribution in [0.2, 0.25) is 0 Å². The van der Waals surface area contributed by atoms with Crippen LogP contribution in [0.25, 0.3) is 0 Å². The van der Waals surface area contributed by atoms with Gasteiger partial charge < -0.3 is 9.47 Å². The topological polar surface area (TPSA) is 18.5 Å². The molecule has 0 aromatic heterocycles. The summed E-state index contributed by atoms with van der Waals surface area (Å²) in [6.07, 6.45) is -4.72. The van der Waals surface area contributed by atoms with Crippen LogP contribution in [0, 0.1) is 0 Å². The molecule has 84 valence electrons. The van der Waals surface area contributed by atoms with E-state index >= 15 is 0 Å². The van der Waals surface area contributed by atoms with Gasteiger partial charge in [-0.15, -0.1) is 25.8 Å². The SMILES string of the molecule is CCOc1ccc(S)c(OC(F)(F)F)c1. The maximum Gasteiger partial charge on any atom is 0.573 e. The summed E-state index contributed by atoms with van der Waals surface area (Å²) in [6.45, 7) is 2.11. The Bertz CT molecular complexity index is 339. The largest absolute Gasteiger partial charge is 0.573 e. The lowest BCUT2D eigenvalue weighted by atomic mass is 10.3. The van der Waals surface area contributed by atoms with Gasteiger partial charge in [0.25, 0.3) is 0 Å². The molecule has 1 rings (SSSR count). The normalized spacial score (nSPS) is 11.3. The fraction of sp³-hybridized carbons (Fsp3) is 0.333. The Morgan fingerprint density at radius 1 is 1.33 bits per heavy atom. The summed E-state index contributed by atoms with van der Waals surface area (Å²) in [7, 11) is 0. The molecule has 0 saturated heterocycles.